The highest BCUT2D eigenvalue weighted by Crippen LogP contribution is 2.25. The number of amides is 2. The summed E-state index contributed by atoms with van der Waals surface area (Å²) in [6.07, 6.45) is 9.08. The minimum atomic E-state index is 0.0179. The molecule has 0 atom stereocenters. The zero-order valence-electron chi connectivity index (χ0n) is 12.2. The van der Waals surface area contributed by atoms with Crippen molar-refractivity contribution >= 4 is 11.8 Å². The van der Waals surface area contributed by atoms with Crippen molar-refractivity contribution in [3.05, 3.63) is 24.2 Å². The topological polar surface area (TPSA) is 62.6 Å². The van der Waals surface area contributed by atoms with E-state index in [0.29, 0.717) is 18.7 Å². The first-order chi connectivity index (χ1) is 10.2. The number of hydrogen-bond donors (Lipinski definition) is 1. The van der Waals surface area contributed by atoms with Crippen LogP contribution in [0.2, 0.25) is 0 Å². The minimum Gasteiger partial charge on any atom is -0.472 e. The van der Waals surface area contributed by atoms with Gasteiger partial charge in [0, 0.05) is 25.0 Å². The summed E-state index contributed by atoms with van der Waals surface area (Å²) >= 11 is 0. The van der Waals surface area contributed by atoms with E-state index in [1.165, 1.54) is 25.4 Å². The Hall–Kier alpha value is -1.78. The summed E-state index contributed by atoms with van der Waals surface area (Å²) < 4.78 is 4.95. The Morgan fingerprint density at radius 1 is 1.14 bits per heavy atom. The number of carbonyl (C=O) groups excluding carboxylic acids is 2. The van der Waals surface area contributed by atoms with Crippen LogP contribution in [0.4, 0.5) is 0 Å². The van der Waals surface area contributed by atoms with Gasteiger partial charge >= 0.3 is 0 Å². The van der Waals surface area contributed by atoms with Crippen molar-refractivity contribution in [2.24, 2.45) is 5.92 Å². The minimum absolute atomic E-state index is 0.0179. The van der Waals surface area contributed by atoms with Gasteiger partial charge in [-0.2, -0.15) is 0 Å². The average molecular weight is 290 g/mol. The van der Waals surface area contributed by atoms with Gasteiger partial charge in [-0.25, -0.2) is 0 Å². The summed E-state index contributed by atoms with van der Waals surface area (Å²) in [7, 11) is 0. The van der Waals surface area contributed by atoms with Crippen molar-refractivity contribution in [2.45, 2.75) is 44.6 Å². The van der Waals surface area contributed by atoms with E-state index in [1.54, 1.807) is 6.07 Å². The molecule has 114 valence electrons. The van der Waals surface area contributed by atoms with Crippen molar-refractivity contribution in [3.8, 4) is 0 Å². The van der Waals surface area contributed by atoms with Crippen molar-refractivity contribution in [3.63, 3.8) is 0 Å². The highest BCUT2D eigenvalue weighted by molar-refractivity contribution is 5.93. The summed E-state index contributed by atoms with van der Waals surface area (Å²) in [6.45, 7) is 1.39. The number of likely N-dealkylation sites (tertiary alicyclic amines) is 1. The Morgan fingerprint density at radius 3 is 2.48 bits per heavy atom. The van der Waals surface area contributed by atoms with E-state index in [-0.39, 0.29) is 23.8 Å². The molecule has 0 aromatic carbocycles. The standard InChI is InChI=1S/C16H22N2O3/c19-15(12-3-1-2-4-12)17-14-5-8-18(9-6-14)16(20)13-7-10-21-11-13/h7,10-12,14H,1-6,8-9H2,(H,17,19). The Balaban J connectivity index is 1.46. The van der Waals surface area contributed by atoms with Crippen molar-refractivity contribution in [1.29, 1.82) is 0 Å². The van der Waals surface area contributed by atoms with Gasteiger partial charge in [0.25, 0.3) is 5.91 Å². The predicted molar refractivity (Wildman–Crippen MR) is 77.7 cm³/mol. The summed E-state index contributed by atoms with van der Waals surface area (Å²) in [5.41, 5.74) is 0.600. The normalized spacial score (nSPS) is 20.7. The van der Waals surface area contributed by atoms with Gasteiger partial charge in [-0.05, 0) is 31.7 Å². The first-order valence-electron chi connectivity index (χ1n) is 7.86. The quantitative estimate of drug-likeness (QED) is 0.928. The SMILES string of the molecule is O=C(NC1CCN(C(=O)c2ccoc2)CC1)C1CCCC1. The van der Waals surface area contributed by atoms with Gasteiger partial charge in [0.05, 0.1) is 11.8 Å². The summed E-state index contributed by atoms with van der Waals surface area (Å²) in [5, 5.41) is 3.16. The van der Waals surface area contributed by atoms with Crippen LogP contribution < -0.4 is 5.32 Å². The van der Waals surface area contributed by atoms with Crippen molar-refractivity contribution < 1.29 is 14.0 Å². The smallest absolute Gasteiger partial charge is 0.257 e. The predicted octanol–water partition coefficient (Wildman–Crippen LogP) is 2.19. The molecule has 2 fully saturated rings. The Morgan fingerprint density at radius 2 is 1.86 bits per heavy atom. The third-order valence-electron chi connectivity index (χ3n) is 4.62. The van der Waals surface area contributed by atoms with Crippen LogP contribution in [0.5, 0.6) is 0 Å². The molecule has 0 radical (unpaired) electrons. The molecule has 2 amide bonds. The maximum absolute atomic E-state index is 12.2. The van der Waals surface area contributed by atoms with E-state index >= 15 is 0 Å². The zero-order chi connectivity index (χ0) is 14.7. The molecule has 1 saturated carbocycles. The molecule has 5 heteroatoms. The van der Waals surface area contributed by atoms with Crippen LogP contribution in [0, 0.1) is 5.92 Å². The molecule has 1 aromatic rings. The molecule has 1 aromatic heterocycles. The number of nitrogens with zero attached hydrogens (tertiary/aromatic N) is 1. The fraction of sp³-hybridized carbons (Fsp3) is 0.625. The number of hydrogen-bond acceptors (Lipinski definition) is 3. The van der Waals surface area contributed by atoms with E-state index in [9.17, 15) is 9.59 Å². The monoisotopic (exact) mass is 290 g/mol. The van der Waals surface area contributed by atoms with Crippen LogP contribution in [0.3, 0.4) is 0 Å². The van der Waals surface area contributed by atoms with E-state index in [4.69, 9.17) is 4.42 Å². The molecule has 1 aliphatic carbocycles. The summed E-state index contributed by atoms with van der Waals surface area (Å²) in [6, 6.07) is 1.91. The fourth-order valence-corrected chi connectivity index (χ4v) is 3.30. The molecule has 0 unspecified atom stereocenters. The van der Waals surface area contributed by atoms with Crippen molar-refractivity contribution in [1.82, 2.24) is 10.2 Å². The summed E-state index contributed by atoms with van der Waals surface area (Å²) in [5.74, 6) is 0.451. The zero-order valence-corrected chi connectivity index (χ0v) is 12.2. The van der Waals surface area contributed by atoms with E-state index < -0.39 is 0 Å². The molecule has 5 nitrogen and oxygen atoms in total. The van der Waals surface area contributed by atoms with Crippen molar-refractivity contribution in [2.75, 3.05) is 13.1 Å². The molecule has 0 spiro atoms. The molecular weight excluding hydrogens is 268 g/mol. The van der Waals surface area contributed by atoms with Gasteiger partial charge in [0.2, 0.25) is 5.91 Å². The lowest BCUT2D eigenvalue weighted by Crippen LogP contribution is -2.47. The largest absolute Gasteiger partial charge is 0.472 e. The van der Waals surface area contributed by atoms with E-state index in [2.05, 4.69) is 5.32 Å². The number of furan rings is 1. The molecular formula is C16H22N2O3. The molecule has 1 saturated heterocycles. The fourth-order valence-electron chi connectivity index (χ4n) is 3.30. The molecule has 1 aliphatic heterocycles. The lowest BCUT2D eigenvalue weighted by atomic mass is 10.0. The maximum atomic E-state index is 12.2. The highest BCUT2D eigenvalue weighted by atomic mass is 16.3. The lowest BCUT2D eigenvalue weighted by molar-refractivity contribution is -0.125. The highest BCUT2D eigenvalue weighted by Gasteiger charge is 2.28. The molecule has 3 rings (SSSR count). The molecule has 2 heterocycles. The number of carbonyl (C=O) groups is 2. The molecule has 0 bridgehead atoms. The van der Waals surface area contributed by atoms with Gasteiger partial charge in [-0.1, -0.05) is 12.8 Å². The van der Waals surface area contributed by atoms with Gasteiger partial charge in [-0.15, -0.1) is 0 Å². The second kappa shape index (κ2) is 6.33. The van der Waals surface area contributed by atoms with Crippen LogP contribution in [0.15, 0.2) is 23.0 Å². The second-order valence-electron chi connectivity index (χ2n) is 6.07. The number of nitrogens with one attached hydrogen (secondary N) is 1. The molecule has 1 N–H and O–H groups in total. The number of rotatable bonds is 3. The van der Waals surface area contributed by atoms with Crippen LogP contribution in [-0.2, 0) is 4.79 Å². The Labute approximate surface area is 124 Å². The third kappa shape index (κ3) is 3.28. The van der Waals surface area contributed by atoms with Crippen LogP contribution in [0.1, 0.15) is 48.9 Å². The maximum Gasteiger partial charge on any atom is 0.257 e. The van der Waals surface area contributed by atoms with Gasteiger partial charge in [-0.3, -0.25) is 9.59 Å². The summed E-state index contributed by atoms with van der Waals surface area (Å²) in [4.78, 5) is 26.1. The van der Waals surface area contributed by atoms with Crippen LogP contribution >= 0.6 is 0 Å². The third-order valence-corrected chi connectivity index (χ3v) is 4.62. The van der Waals surface area contributed by atoms with E-state index in [0.717, 1.165) is 25.7 Å². The second-order valence-corrected chi connectivity index (χ2v) is 6.07. The van der Waals surface area contributed by atoms with Gasteiger partial charge in [0.1, 0.15) is 6.26 Å². The Kier molecular flexibility index (Phi) is 4.27. The molecule has 21 heavy (non-hydrogen) atoms. The first kappa shape index (κ1) is 14.2. The van der Waals surface area contributed by atoms with Crippen LogP contribution in [0.25, 0.3) is 0 Å². The van der Waals surface area contributed by atoms with Crippen LogP contribution in [-0.4, -0.2) is 35.8 Å². The first-order valence-corrected chi connectivity index (χ1v) is 7.86. The molecule has 2 aliphatic rings. The van der Waals surface area contributed by atoms with Gasteiger partial charge in [0.15, 0.2) is 0 Å². The van der Waals surface area contributed by atoms with Gasteiger partial charge < -0.3 is 14.6 Å². The number of piperidine rings is 1. The average Bonchev–Trinajstić information content (AvgIpc) is 3.20. The van der Waals surface area contributed by atoms with E-state index in [1.807, 2.05) is 4.90 Å². The lowest BCUT2D eigenvalue weighted by Gasteiger charge is -2.32. The Bertz CT molecular complexity index is 484.